The van der Waals surface area contributed by atoms with Crippen LogP contribution in [-0.2, 0) is 6.54 Å². The summed E-state index contributed by atoms with van der Waals surface area (Å²) in [6.07, 6.45) is 1.85. The van der Waals surface area contributed by atoms with Gasteiger partial charge in [-0.25, -0.2) is 13.8 Å². The summed E-state index contributed by atoms with van der Waals surface area (Å²) < 4.78 is 28.4. The second-order valence-electron chi connectivity index (χ2n) is 7.69. The largest absolute Gasteiger partial charge is 0.392 e. The van der Waals surface area contributed by atoms with Gasteiger partial charge in [-0.15, -0.1) is 0 Å². The number of aromatic nitrogens is 2. The third-order valence-corrected chi connectivity index (χ3v) is 5.57. The molecule has 1 aliphatic heterocycles. The SMILES string of the molecule is O=c1c2c(-c3ccc(F)c(F)c3)cccc2ncn1CC(O)C[C@H]1NCCC[C@@H]1O. The van der Waals surface area contributed by atoms with Gasteiger partial charge < -0.3 is 15.5 Å². The van der Waals surface area contributed by atoms with Gasteiger partial charge in [-0.3, -0.25) is 9.36 Å². The Kier molecular flexibility index (Phi) is 5.90. The molecule has 0 saturated carbocycles. The fourth-order valence-corrected chi connectivity index (χ4v) is 4.01. The van der Waals surface area contributed by atoms with E-state index in [-0.39, 0.29) is 23.5 Å². The van der Waals surface area contributed by atoms with Crippen molar-refractivity contribution in [2.24, 2.45) is 0 Å². The van der Waals surface area contributed by atoms with E-state index in [9.17, 15) is 23.8 Å². The molecule has 0 aliphatic carbocycles. The van der Waals surface area contributed by atoms with Crippen LogP contribution in [0.2, 0.25) is 0 Å². The minimum atomic E-state index is -0.998. The van der Waals surface area contributed by atoms with Crippen molar-refractivity contribution in [2.75, 3.05) is 6.54 Å². The number of nitrogens with zero attached hydrogens (tertiary/aromatic N) is 2. The highest BCUT2D eigenvalue weighted by atomic mass is 19.2. The molecule has 3 atom stereocenters. The number of halogens is 2. The van der Waals surface area contributed by atoms with Crippen LogP contribution in [0.15, 0.2) is 47.5 Å². The Morgan fingerprint density at radius 1 is 1.23 bits per heavy atom. The van der Waals surface area contributed by atoms with E-state index in [4.69, 9.17) is 0 Å². The van der Waals surface area contributed by atoms with Gasteiger partial charge in [0.05, 0.1) is 36.0 Å². The first-order valence-electron chi connectivity index (χ1n) is 9.97. The third kappa shape index (κ3) is 4.12. The van der Waals surface area contributed by atoms with Gasteiger partial charge in [0.15, 0.2) is 11.6 Å². The molecule has 1 fully saturated rings. The number of aliphatic hydroxyl groups is 2. The van der Waals surface area contributed by atoms with Crippen LogP contribution in [0.1, 0.15) is 19.3 Å². The number of hydrogen-bond donors (Lipinski definition) is 3. The van der Waals surface area contributed by atoms with Crippen molar-refractivity contribution in [3.05, 3.63) is 64.7 Å². The van der Waals surface area contributed by atoms with Crippen molar-refractivity contribution < 1.29 is 19.0 Å². The van der Waals surface area contributed by atoms with Gasteiger partial charge >= 0.3 is 0 Å². The standard InChI is InChI=1S/C22H23F2N3O3/c23-16-7-6-13(9-17(16)24)15-3-1-4-18-21(15)22(30)27(12-26-18)11-14(28)10-19-20(29)5-2-8-25-19/h1,3-4,6-7,9,12,14,19-20,25,28-29H,2,5,8,10-11H2/t14?,19-,20+/m1/s1. The molecule has 8 heteroatoms. The van der Waals surface area contributed by atoms with Crippen molar-refractivity contribution in [2.45, 2.75) is 44.1 Å². The second kappa shape index (κ2) is 8.59. The first-order chi connectivity index (χ1) is 14.4. The van der Waals surface area contributed by atoms with Gasteiger partial charge in [0, 0.05) is 6.04 Å². The van der Waals surface area contributed by atoms with E-state index in [1.165, 1.54) is 17.0 Å². The van der Waals surface area contributed by atoms with Crippen LogP contribution in [0.25, 0.3) is 22.0 Å². The van der Waals surface area contributed by atoms with E-state index in [1.807, 2.05) is 0 Å². The van der Waals surface area contributed by atoms with Crippen molar-refractivity contribution >= 4 is 10.9 Å². The van der Waals surface area contributed by atoms with Gasteiger partial charge in [-0.2, -0.15) is 0 Å². The van der Waals surface area contributed by atoms with E-state index < -0.39 is 23.8 Å². The first kappa shape index (κ1) is 20.6. The minimum Gasteiger partial charge on any atom is -0.392 e. The third-order valence-electron chi connectivity index (χ3n) is 5.57. The van der Waals surface area contributed by atoms with E-state index in [1.54, 1.807) is 18.2 Å². The molecule has 0 bridgehead atoms. The summed E-state index contributed by atoms with van der Waals surface area (Å²) in [6.45, 7) is 0.794. The number of hydrogen-bond acceptors (Lipinski definition) is 5. The van der Waals surface area contributed by atoms with Crippen LogP contribution >= 0.6 is 0 Å². The van der Waals surface area contributed by atoms with Crippen LogP contribution in [0, 0.1) is 11.6 Å². The van der Waals surface area contributed by atoms with Crippen LogP contribution in [0.5, 0.6) is 0 Å². The predicted molar refractivity (Wildman–Crippen MR) is 109 cm³/mol. The van der Waals surface area contributed by atoms with Crippen LogP contribution in [-0.4, -0.2) is 44.6 Å². The number of piperidine rings is 1. The number of aliphatic hydroxyl groups excluding tert-OH is 2. The smallest absolute Gasteiger partial charge is 0.261 e. The Bertz CT molecular complexity index is 1120. The Morgan fingerprint density at radius 3 is 2.83 bits per heavy atom. The summed E-state index contributed by atoms with van der Waals surface area (Å²) in [5.74, 6) is -1.96. The summed E-state index contributed by atoms with van der Waals surface area (Å²) >= 11 is 0. The Balaban J connectivity index is 1.66. The van der Waals surface area contributed by atoms with Gasteiger partial charge in [0.25, 0.3) is 5.56 Å². The lowest BCUT2D eigenvalue weighted by Gasteiger charge is -2.30. The zero-order valence-corrected chi connectivity index (χ0v) is 16.3. The molecule has 1 unspecified atom stereocenters. The summed E-state index contributed by atoms with van der Waals surface area (Å²) in [7, 11) is 0. The molecule has 6 nitrogen and oxygen atoms in total. The van der Waals surface area contributed by atoms with E-state index in [0.717, 1.165) is 25.1 Å². The van der Waals surface area contributed by atoms with Crippen molar-refractivity contribution in [1.82, 2.24) is 14.9 Å². The molecule has 0 amide bonds. The summed E-state index contributed by atoms with van der Waals surface area (Å²) in [4.78, 5) is 17.4. The zero-order chi connectivity index (χ0) is 21.3. The zero-order valence-electron chi connectivity index (χ0n) is 16.3. The van der Waals surface area contributed by atoms with Crippen molar-refractivity contribution in [3.63, 3.8) is 0 Å². The number of nitrogens with one attached hydrogen (secondary N) is 1. The van der Waals surface area contributed by atoms with Crippen molar-refractivity contribution in [1.29, 1.82) is 0 Å². The Morgan fingerprint density at radius 2 is 2.07 bits per heavy atom. The van der Waals surface area contributed by atoms with E-state index in [2.05, 4.69) is 10.3 Å². The Labute approximate surface area is 171 Å². The highest BCUT2D eigenvalue weighted by Gasteiger charge is 2.25. The molecule has 1 saturated heterocycles. The van der Waals surface area contributed by atoms with Gasteiger partial charge in [-0.05, 0) is 55.1 Å². The molecule has 3 N–H and O–H groups in total. The van der Waals surface area contributed by atoms with Crippen LogP contribution in [0.3, 0.4) is 0 Å². The topological polar surface area (TPSA) is 87.4 Å². The maximum Gasteiger partial charge on any atom is 0.261 e. The fraction of sp³-hybridized carbons (Fsp3) is 0.364. The summed E-state index contributed by atoms with van der Waals surface area (Å²) in [6, 6.07) is 8.27. The fourth-order valence-electron chi connectivity index (χ4n) is 4.01. The highest BCUT2D eigenvalue weighted by Crippen LogP contribution is 2.26. The molecule has 0 spiro atoms. The lowest BCUT2D eigenvalue weighted by atomic mass is 9.96. The monoisotopic (exact) mass is 415 g/mol. The molecular weight excluding hydrogens is 392 g/mol. The van der Waals surface area contributed by atoms with Crippen molar-refractivity contribution in [3.8, 4) is 11.1 Å². The van der Waals surface area contributed by atoms with Crippen LogP contribution < -0.4 is 10.9 Å². The number of fused-ring (bicyclic) bond motifs is 1. The van der Waals surface area contributed by atoms with Gasteiger partial charge in [0.1, 0.15) is 0 Å². The maximum absolute atomic E-state index is 13.7. The van der Waals surface area contributed by atoms with Crippen LogP contribution in [0.4, 0.5) is 8.78 Å². The summed E-state index contributed by atoms with van der Waals surface area (Å²) in [5, 5.41) is 24.0. The van der Waals surface area contributed by atoms with E-state index in [0.29, 0.717) is 29.5 Å². The van der Waals surface area contributed by atoms with Gasteiger partial charge in [-0.1, -0.05) is 18.2 Å². The van der Waals surface area contributed by atoms with E-state index >= 15 is 0 Å². The molecule has 2 aromatic carbocycles. The maximum atomic E-state index is 13.7. The average molecular weight is 415 g/mol. The molecule has 158 valence electrons. The number of benzene rings is 2. The van der Waals surface area contributed by atoms with Gasteiger partial charge in [0.2, 0.25) is 0 Å². The predicted octanol–water partition coefficient (Wildman–Crippen LogP) is 2.21. The Hall–Kier alpha value is -2.68. The molecule has 3 aromatic rings. The second-order valence-corrected chi connectivity index (χ2v) is 7.69. The molecule has 0 radical (unpaired) electrons. The molecule has 4 rings (SSSR count). The molecular formula is C22H23F2N3O3. The lowest BCUT2D eigenvalue weighted by Crippen LogP contribution is -2.47. The highest BCUT2D eigenvalue weighted by molar-refractivity contribution is 5.93. The first-order valence-corrected chi connectivity index (χ1v) is 9.97. The number of rotatable bonds is 5. The minimum absolute atomic E-state index is 0.0127. The molecule has 2 heterocycles. The normalized spacial score (nSPS) is 20.4. The molecule has 1 aliphatic rings. The molecule has 30 heavy (non-hydrogen) atoms. The average Bonchev–Trinajstić information content (AvgIpc) is 2.73. The lowest BCUT2D eigenvalue weighted by molar-refractivity contribution is 0.0539. The summed E-state index contributed by atoms with van der Waals surface area (Å²) in [5.41, 5.74) is 0.859. The molecule has 1 aromatic heterocycles. The quantitative estimate of drug-likeness (QED) is 0.595.